The van der Waals surface area contributed by atoms with Crippen LogP contribution in [-0.4, -0.2) is 49.1 Å². The van der Waals surface area contributed by atoms with Crippen LogP contribution in [-0.2, 0) is 10.0 Å². The third-order valence-corrected chi connectivity index (χ3v) is 5.81. The predicted octanol–water partition coefficient (Wildman–Crippen LogP) is 1.26. The standard InChI is InChI=1S/C15H23N3O3S/c1-12(2)22(20,21)17-10-13-5-8-18(9-6-13)15(19)14-4-3-7-16-11-14/h3-4,7,11-13,17H,5-6,8-10H2,1-2H3. The van der Waals surface area contributed by atoms with Crippen LogP contribution < -0.4 is 4.72 Å². The highest BCUT2D eigenvalue weighted by molar-refractivity contribution is 7.90. The molecule has 1 aromatic heterocycles. The SMILES string of the molecule is CC(C)S(=O)(=O)NCC1CCN(C(=O)c2cccnc2)CC1. The Hall–Kier alpha value is -1.47. The Morgan fingerprint density at radius 3 is 2.64 bits per heavy atom. The average Bonchev–Trinajstić information content (AvgIpc) is 2.53. The van der Waals surface area contributed by atoms with Gasteiger partial charge in [0.15, 0.2) is 0 Å². The Balaban J connectivity index is 1.82. The van der Waals surface area contributed by atoms with Crippen molar-refractivity contribution in [3.05, 3.63) is 30.1 Å². The molecular formula is C15H23N3O3S. The lowest BCUT2D eigenvalue weighted by molar-refractivity contribution is 0.0691. The highest BCUT2D eigenvalue weighted by Crippen LogP contribution is 2.18. The van der Waals surface area contributed by atoms with Crippen molar-refractivity contribution in [3.8, 4) is 0 Å². The molecule has 122 valence electrons. The third-order valence-electron chi connectivity index (χ3n) is 4.00. The van der Waals surface area contributed by atoms with Crippen LogP contribution in [0.5, 0.6) is 0 Å². The van der Waals surface area contributed by atoms with Gasteiger partial charge in [-0.2, -0.15) is 0 Å². The minimum absolute atomic E-state index is 0.00527. The first kappa shape index (κ1) is 16.9. The minimum atomic E-state index is -3.21. The van der Waals surface area contributed by atoms with Gasteiger partial charge < -0.3 is 4.90 Å². The van der Waals surface area contributed by atoms with E-state index in [9.17, 15) is 13.2 Å². The second kappa shape index (κ2) is 7.19. The highest BCUT2D eigenvalue weighted by Gasteiger charge is 2.25. The van der Waals surface area contributed by atoms with Gasteiger partial charge >= 0.3 is 0 Å². The van der Waals surface area contributed by atoms with Crippen LogP contribution in [0.2, 0.25) is 0 Å². The molecule has 7 heteroatoms. The molecule has 6 nitrogen and oxygen atoms in total. The molecule has 0 bridgehead atoms. The van der Waals surface area contributed by atoms with Crippen LogP contribution in [0.25, 0.3) is 0 Å². The molecular weight excluding hydrogens is 302 g/mol. The van der Waals surface area contributed by atoms with Gasteiger partial charge in [-0.1, -0.05) is 0 Å². The summed E-state index contributed by atoms with van der Waals surface area (Å²) in [6, 6.07) is 3.51. The van der Waals surface area contributed by atoms with Crippen LogP contribution in [0, 0.1) is 5.92 Å². The number of hydrogen-bond donors (Lipinski definition) is 1. The zero-order chi connectivity index (χ0) is 16.2. The molecule has 2 rings (SSSR count). The normalized spacial score (nSPS) is 17.0. The fourth-order valence-corrected chi connectivity index (χ4v) is 3.21. The maximum absolute atomic E-state index is 12.3. The number of amides is 1. The quantitative estimate of drug-likeness (QED) is 0.884. The van der Waals surface area contributed by atoms with Crippen LogP contribution in [0.3, 0.4) is 0 Å². The van der Waals surface area contributed by atoms with Crippen molar-refractivity contribution < 1.29 is 13.2 Å². The molecule has 1 aliphatic heterocycles. The Labute approximate surface area is 132 Å². The lowest BCUT2D eigenvalue weighted by Gasteiger charge is -2.32. The molecule has 1 N–H and O–H groups in total. The number of likely N-dealkylation sites (tertiary alicyclic amines) is 1. The molecule has 2 heterocycles. The number of sulfonamides is 1. The molecule has 0 spiro atoms. The summed E-state index contributed by atoms with van der Waals surface area (Å²) in [5.74, 6) is 0.279. The first-order valence-corrected chi connectivity index (χ1v) is 9.12. The largest absolute Gasteiger partial charge is 0.339 e. The summed E-state index contributed by atoms with van der Waals surface area (Å²) in [5.41, 5.74) is 0.599. The summed E-state index contributed by atoms with van der Waals surface area (Å²) in [6.45, 7) is 5.09. The number of hydrogen-bond acceptors (Lipinski definition) is 4. The van der Waals surface area contributed by atoms with E-state index in [4.69, 9.17) is 0 Å². The van der Waals surface area contributed by atoms with Crippen molar-refractivity contribution in [2.24, 2.45) is 5.92 Å². The number of pyridine rings is 1. The van der Waals surface area contributed by atoms with Gasteiger partial charge in [0, 0.05) is 32.0 Å². The summed E-state index contributed by atoms with van der Waals surface area (Å²) in [5, 5.41) is -0.417. The van der Waals surface area contributed by atoms with Gasteiger partial charge in [0.05, 0.1) is 10.8 Å². The molecule has 1 fully saturated rings. The minimum Gasteiger partial charge on any atom is -0.339 e. The van der Waals surface area contributed by atoms with Crippen LogP contribution in [0.15, 0.2) is 24.5 Å². The molecule has 0 atom stereocenters. The Morgan fingerprint density at radius 1 is 1.41 bits per heavy atom. The summed E-state index contributed by atoms with van der Waals surface area (Å²) in [7, 11) is -3.21. The van der Waals surface area contributed by atoms with Crippen molar-refractivity contribution in [1.82, 2.24) is 14.6 Å². The highest BCUT2D eigenvalue weighted by atomic mass is 32.2. The molecule has 1 saturated heterocycles. The Kier molecular flexibility index (Phi) is 5.52. The van der Waals surface area contributed by atoms with Crippen LogP contribution >= 0.6 is 0 Å². The van der Waals surface area contributed by atoms with E-state index in [2.05, 4.69) is 9.71 Å². The van der Waals surface area contributed by atoms with E-state index in [0.717, 1.165) is 12.8 Å². The van der Waals surface area contributed by atoms with E-state index >= 15 is 0 Å². The summed E-state index contributed by atoms with van der Waals surface area (Å²) in [6.07, 6.45) is 4.84. The molecule has 0 unspecified atom stereocenters. The van der Waals surface area contributed by atoms with Crippen molar-refractivity contribution in [3.63, 3.8) is 0 Å². The van der Waals surface area contributed by atoms with E-state index in [1.165, 1.54) is 0 Å². The Morgan fingerprint density at radius 2 is 2.09 bits per heavy atom. The smallest absolute Gasteiger partial charge is 0.255 e. The molecule has 22 heavy (non-hydrogen) atoms. The molecule has 1 aromatic rings. The van der Waals surface area contributed by atoms with Gasteiger partial charge in [-0.3, -0.25) is 9.78 Å². The second-order valence-corrected chi connectivity index (χ2v) is 8.24. The third kappa shape index (κ3) is 4.27. The lowest BCUT2D eigenvalue weighted by atomic mass is 9.97. The first-order chi connectivity index (χ1) is 10.4. The van der Waals surface area contributed by atoms with E-state index in [-0.39, 0.29) is 11.8 Å². The van der Waals surface area contributed by atoms with Crippen molar-refractivity contribution >= 4 is 15.9 Å². The Bertz CT molecular complexity index is 594. The van der Waals surface area contributed by atoms with Gasteiger partial charge in [0.2, 0.25) is 10.0 Å². The van der Waals surface area contributed by atoms with Crippen LogP contribution in [0.1, 0.15) is 37.0 Å². The van der Waals surface area contributed by atoms with Crippen molar-refractivity contribution in [2.45, 2.75) is 31.9 Å². The number of carbonyl (C=O) groups is 1. The molecule has 0 aliphatic carbocycles. The number of aromatic nitrogens is 1. The number of carbonyl (C=O) groups excluding carboxylic acids is 1. The van der Waals surface area contributed by atoms with Gasteiger partial charge in [0.1, 0.15) is 0 Å². The van der Waals surface area contributed by atoms with Crippen molar-refractivity contribution in [2.75, 3.05) is 19.6 Å². The van der Waals surface area contributed by atoms with Crippen LogP contribution in [0.4, 0.5) is 0 Å². The fourth-order valence-electron chi connectivity index (χ4n) is 2.41. The zero-order valence-electron chi connectivity index (χ0n) is 13.0. The number of piperidine rings is 1. The zero-order valence-corrected chi connectivity index (χ0v) is 13.8. The molecule has 0 radical (unpaired) electrons. The lowest BCUT2D eigenvalue weighted by Crippen LogP contribution is -2.42. The molecule has 0 aromatic carbocycles. The predicted molar refractivity (Wildman–Crippen MR) is 84.9 cm³/mol. The van der Waals surface area contributed by atoms with Gasteiger partial charge in [-0.05, 0) is 44.7 Å². The van der Waals surface area contributed by atoms with Gasteiger partial charge in [-0.25, -0.2) is 13.1 Å². The summed E-state index contributed by atoms with van der Waals surface area (Å²) in [4.78, 5) is 18.1. The van der Waals surface area contributed by atoms with E-state index in [1.54, 1.807) is 38.4 Å². The summed E-state index contributed by atoms with van der Waals surface area (Å²) < 4.78 is 26.2. The molecule has 1 amide bonds. The second-order valence-electron chi connectivity index (χ2n) is 5.92. The monoisotopic (exact) mass is 325 g/mol. The van der Waals surface area contributed by atoms with Gasteiger partial charge in [0.25, 0.3) is 5.91 Å². The van der Waals surface area contributed by atoms with E-state index in [0.29, 0.717) is 25.2 Å². The maximum Gasteiger partial charge on any atom is 0.255 e. The fraction of sp³-hybridized carbons (Fsp3) is 0.600. The number of rotatable bonds is 5. The number of nitrogens with zero attached hydrogens (tertiary/aromatic N) is 2. The maximum atomic E-state index is 12.3. The molecule has 0 saturated carbocycles. The first-order valence-electron chi connectivity index (χ1n) is 7.58. The number of nitrogens with one attached hydrogen (secondary N) is 1. The van der Waals surface area contributed by atoms with E-state index in [1.807, 2.05) is 4.90 Å². The van der Waals surface area contributed by atoms with E-state index < -0.39 is 15.3 Å². The average molecular weight is 325 g/mol. The van der Waals surface area contributed by atoms with Crippen molar-refractivity contribution in [1.29, 1.82) is 0 Å². The summed E-state index contributed by atoms with van der Waals surface area (Å²) >= 11 is 0. The molecule has 1 aliphatic rings. The van der Waals surface area contributed by atoms with Gasteiger partial charge in [-0.15, -0.1) is 0 Å². The topological polar surface area (TPSA) is 79.4 Å².